The molecule has 0 aliphatic heterocycles. The van der Waals surface area contributed by atoms with Gasteiger partial charge in [0.2, 0.25) is 0 Å². The van der Waals surface area contributed by atoms with Crippen molar-refractivity contribution < 1.29 is 44.5 Å². The van der Waals surface area contributed by atoms with Crippen LogP contribution >= 0.6 is 0 Å². The summed E-state index contributed by atoms with van der Waals surface area (Å²) in [6, 6.07) is 22.7. The lowest BCUT2D eigenvalue weighted by Gasteiger charge is -2.26. The van der Waals surface area contributed by atoms with Gasteiger partial charge in [-0.15, -0.1) is 0 Å². The molecule has 0 bridgehead atoms. The number of aliphatic hydroxyl groups is 2. The lowest BCUT2D eigenvalue weighted by molar-refractivity contribution is 0.00571. The summed E-state index contributed by atoms with van der Waals surface area (Å²) in [5.74, 6) is 0.594. The lowest BCUT2D eigenvalue weighted by Crippen LogP contribution is -2.32. The van der Waals surface area contributed by atoms with Gasteiger partial charge in [0, 0.05) is 0 Å². The van der Waals surface area contributed by atoms with Gasteiger partial charge in [-0.05, 0) is 66.6 Å². The van der Waals surface area contributed by atoms with E-state index < -0.39 is 24.9 Å². The molecule has 4 aromatic carbocycles. The van der Waals surface area contributed by atoms with Crippen LogP contribution in [0.2, 0.25) is 0 Å². The van der Waals surface area contributed by atoms with E-state index >= 15 is 0 Å². The van der Waals surface area contributed by atoms with E-state index in [1.54, 1.807) is 42.5 Å². The molecule has 0 aliphatic rings. The third-order valence-electron chi connectivity index (χ3n) is 6.27. The number of phenolic OH excluding ortho intramolecular Hbond substituents is 3. The molecule has 0 radical (unpaired) electrons. The summed E-state index contributed by atoms with van der Waals surface area (Å²) < 4.78 is 22.8. The van der Waals surface area contributed by atoms with Crippen molar-refractivity contribution in [2.75, 3.05) is 20.3 Å². The van der Waals surface area contributed by atoms with Crippen LogP contribution in [-0.2, 0) is 0 Å². The molecular weight excluding hydrogens is 516 g/mol. The Bertz CT molecular complexity index is 1400. The minimum atomic E-state index is -1.26. The van der Waals surface area contributed by atoms with Crippen LogP contribution in [-0.4, -0.2) is 52.0 Å². The van der Waals surface area contributed by atoms with Gasteiger partial charge < -0.3 is 44.5 Å². The van der Waals surface area contributed by atoms with Crippen LogP contribution in [0.15, 0.2) is 84.9 Å². The zero-order chi connectivity index (χ0) is 28.6. The number of methoxy groups -OCH3 is 1. The number of rotatable bonds is 12. The van der Waals surface area contributed by atoms with Crippen molar-refractivity contribution in [3.05, 3.63) is 102 Å². The Morgan fingerprint density at radius 3 is 2.05 bits per heavy atom. The number of para-hydroxylation sites is 2. The molecule has 0 heterocycles. The molecular formula is C31H32O9. The highest BCUT2D eigenvalue weighted by Gasteiger charge is 2.26. The maximum Gasteiger partial charge on any atom is 0.163 e. The molecule has 0 aromatic heterocycles. The first kappa shape index (κ1) is 28.4. The third kappa shape index (κ3) is 6.88. The van der Waals surface area contributed by atoms with Crippen molar-refractivity contribution in [3.8, 4) is 40.2 Å². The van der Waals surface area contributed by atoms with Gasteiger partial charge in [-0.3, -0.25) is 0 Å². The topological polar surface area (TPSA) is 138 Å². The normalized spacial score (nSPS) is 13.2. The summed E-state index contributed by atoms with van der Waals surface area (Å²) in [5, 5.41) is 51.9. The average molecular weight is 549 g/mol. The van der Waals surface area contributed by atoms with Crippen LogP contribution in [0.1, 0.15) is 28.9 Å². The Hall–Kier alpha value is -4.60. The van der Waals surface area contributed by atoms with Crippen molar-refractivity contribution in [2.24, 2.45) is 0 Å². The highest BCUT2D eigenvalue weighted by Crippen LogP contribution is 2.36. The number of aryl methyl sites for hydroxylation is 1. The maximum absolute atomic E-state index is 11.2. The number of ether oxygens (including phenoxy) is 4. The first-order chi connectivity index (χ1) is 19.3. The van der Waals surface area contributed by atoms with E-state index in [0.29, 0.717) is 16.9 Å². The van der Waals surface area contributed by atoms with E-state index in [0.717, 1.165) is 5.56 Å². The van der Waals surface area contributed by atoms with Crippen molar-refractivity contribution >= 4 is 0 Å². The monoisotopic (exact) mass is 548 g/mol. The molecule has 0 saturated heterocycles. The lowest BCUT2D eigenvalue weighted by atomic mass is 10.0. The van der Waals surface area contributed by atoms with E-state index in [1.807, 2.05) is 19.1 Å². The Morgan fingerprint density at radius 2 is 1.38 bits per heavy atom. The molecule has 0 saturated carbocycles. The molecule has 0 spiro atoms. The Morgan fingerprint density at radius 1 is 0.700 bits per heavy atom. The van der Waals surface area contributed by atoms with Crippen LogP contribution in [0.5, 0.6) is 40.2 Å². The molecule has 5 N–H and O–H groups in total. The van der Waals surface area contributed by atoms with Crippen molar-refractivity contribution in [1.82, 2.24) is 0 Å². The SMILES string of the molecule is COc1cc(C(CO)Oc2ccc(C(O)C(COc3ccc(C)cc3)Oc3ccccc3O)cc2O)ccc1O. The number of hydrogen-bond donors (Lipinski definition) is 5. The minimum absolute atomic E-state index is 0.0592. The molecule has 4 rings (SSSR count). The Balaban J connectivity index is 1.54. The number of aliphatic hydroxyl groups excluding tert-OH is 2. The molecule has 3 atom stereocenters. The molecule has 4 aromatic rings. The summed E-state index contributed by atoms with van der Waals surface area (Å²) in [7, 11) is 1.41. The zero-order valence-electron chi connectivity index (χ0n) is 22.1. The van der Waals surface area contributed by atoms with Crippen molar-refractivity contribution in [3.63, 3.8) is 0 Å². The van der Waals surface area contributed by atoms with Crippen LogP contribution in [0.25, 0.3) is 0 Å². The summed E-state index contributed by atoms with van der Waals surface area (Å²) >= 11 is 0. The molecule has 9 heteroatoms. The van der Waals surface area contributed by atoms with Crippen molar-refractivity contribution in [1.29, 1.82) is 0 Å². The fourth-order valence-electron chi connectivity index (χ4n) is 4.01. The first-order valence-electron chi connectivity index (χ1n) is 12.6. The number of hydrogen-bond acceptors (Lipinski definition) is 9. The predicted molar refractivity (Wildman–Crippen MR) is 147 cm³/mol. The predicted octanol–water partition coefficient (Wildman–Crippen LogP) is 4.79. The molecule has 0 amide bonds. The van der Waals surface area contributed by atoms with E-state index in [4.69, 9.17) is 18.9 Å². The third-order valence-corrected chi connectivity index (χ3v) is 6.27. The van der Waals surface area contributed by atoms with Gasteiger partial charge in [-0.1, -0.05) is 42.0 Å². The fraction of sp³-hybridized carbons (Fsp3) is 0.226. The van der Waals surface area contributed by atoms with Crippen molar-refractivity contribution in [2.45, 2.75) is 25.2 Å². The van der Waals surface area contributed by atoms with Crippen LogP contribution in [0, 0.1) is 6.92 Å². The second-order valence-electron chi connectivity index (χ2n) is 9.14. The van der Waals surface area contributed by atoms with Gasteiger partial charge in [0.15, 0.2) is 40.6 Å². The van der Waals surface area contributed by atoms with Gasteiger partial charge in [0.05, 0.1) is 13.7 Å². The van der Waals surface area contributed by atoms with Gasteiger partial charge in [0.25, 0.3) is 0 Å². The maximum atomic E-state index is 11.2. The minimum Gasteiger partial charge on any atom is -0.504 e. The molecule has 0 aliphatic carbocycles. The molecule has 3 unspecified atom stereocenters. The van der Waals surface area contributed by atoms with Crippen LogP contribution in [0.3, 0.4) is 0 Å². The van der Waals surface area contributed by atoms with E-state index in [1.165, 1.54) is 37.4 Å². The van der Waals surface area contributed by atoms with Gasteiger partial charge in [0.1, 0.15) is 24.6 Å². The number of aromatic hydroxyl groups is 3. The van der Waals surface area contributed by atoms with E-state index in [2.05, 4.69) is 0 Å². The van der Waals surface area contributed by atoms with E-state index in [-0.39, 0.29) is 41.1 Å². The van der Waals surface area contributed by atoms with Crippen LogP contribution < -0.4 is 18.9 Å². The van der Waals surface area contributed by atoms with Gasteiger partial charge >= 0.3 is 0 Å². The molecule has 0 fully saturated rings. The number of benzene rings is 4. The molecule has 210 valence electrons. The summed E-state index contributed by atoms with van der Waals surface area (Å²) in [6.07, 6.45) is -3.09. The first-order valence-corrected chi connectivity index (χ1v) is 12.6. The standard InChI is InChI=1S/C31H32O9/c1-19-7-11-22(12-8-19)38-18-30(40-26-6-4-3-5-23(26)33)31(36)21-10-14-27(25(35)15-21)39-29(17-32)20-9-13-24(34)28(16-20)37-2/h3-16,29-36H,17-18H2,1-2H3. The smallest absolute Gasteiger partial charge is 0.163 e. The van der Waals surface area contributed by atoms with Gasteiger partial charge in [-0.2, -0.15) is 0 Å². The molecule has 40 heavy (non-hydrogen) atoms. The zero-order valence-corrected chi connectivity index (χ0v) is 22.1. The van der Waals surface area contributed by atoms with Gasteiger partial charge in [-0.25, -0.2) is 0 Å². The Labute approximate surface area is 232 Å². The Kier molecular flexibility index (Phi) is 9.21. The summed E-state index contributed by atoms with van der Waals surface area (Å²) in [4.78, 5) is 0. The largest absolute Gasteiger partial charge is 0.504 e. The highest BCUT2D eigenvalue weighted by atomic mass is 16.5. The second-order valence-corrected chi connectivity index (χ2v) is 9.14. The second kappa shape index (κ2) is 13.0. The average Bonchev–Trinajstić information content (AvgIpc) is 2.96. The number of phenols is 3. The quantitative estimate of drug-likeness (QED) is 0.169. The molecule has 9 nitrogen and oxygen atoms in total. The summed E-state index contributed by atoms with van der Waals surface area (Å²) in [6.45, 7) is 1.49. The van der Waals surface area contributed by atoms with E-state index in [9.17, 15) is 25.5 Å². The fourth-order valence-corrected chi connectivity index (χ4v) is 4.01. The highest BCUT2D eigenvalue weighted by molar-refractivity contribution is 5.45. The summed E-state index contributed by atoms with van der Waals surface area (Å²) in [5.41, 5.74) is 1.90. The van der Waals surface area contributed by atoms with Crippen LogP contribution in [0.4, 0.5) is 0 Å².